The zero-order valence-corrected chi connectivity index (χ0v) is 22.1. The lowest BCUT2D eigenvalue weighted by Gasteiger charge is -2.37. The van der Waals surface area contributed by atoms with Crippen LogP contribution in [0.15, 0.2) is 84.9 Å². The number of hydrogen-bond acceptors (Lipinski definition) is 7. The molecule has 5 atom stereocenters. The summed E-state index contributed by atoms with van der Waals surface area (Å²) in [7, 11) is 1.61. The molecule has 0 aromatic heterocycles. The Morgan fingerprint density at radius 1 is 0.675 bits per heavy atom. The molecule has 9 nitrogen and oxygen atoms in total. The Bertz CT molecular complexity index is 1430. The van der Waals surface area contributed by atoms with Gasteiger partial charge in [-0.15, -0.1) is 0 Å². The van der Waals surface area contributed by atoms with Crippen molar-refractivity contribution in [2.24, 2.45) is 5.92 Å². The summed E-state index contributed by atoms with van der Waals surface area (Å²) >= 11 is 0. The molecule has 7 rings (SSSR count). The van der Waals surface area contributed by atoms with Gasteiger partial charge in [-0.25, -0.2) is 4.90 Å². The molecule has 204 valence electrons. The number of hydrazine groups is 1. The third-order valence-corrected chi connectivity index (χ3v) is 8.57. The molecular weight excluding hydrogens is 508 g/mol. The molecule has 0 aliphatic carbocycles. The average molecular weight is 539 g/mol. The number of nitrogens with zero attached hydrogens (tertiary/aromatic N) is 4. The molecule has 0 bridgehead atoms. The molecule has 3 amide bonds. The van der Waals surface area contributed by atoms with Crippen LogP contribution >= 0.6 is 0 Å². The number of morpholine rings is 1. The summed E-state index contributed by atoms with van der Waals surface area (Å²) in [4.78, 5) is 46.2. The molecule has 4 aliphatic rings. The standard InChI is InChI=1S/C31H30N4O5/c1-39-23-14-12-21(13-15-23)25-24-27(30(37)33(29(24)36)22-10-6-3-7-11-22)35-31(38)28(32-16-18-40-19-17-32)26(34(25)35)20-8-4-2-5-9-20/h2-15,24-28H,16-19H2,1H3/t24-,25+,26-,27+,28-/m1/s1. The summed E-state index contributed by atoms with van der Waals surface area (Å²) in [6.45, 7) is 2.31. The van der Waals surface area contributed by atoms with Crippen molar-refractivity contribution >= 4 is 23.4 Å². The van der Waals surface area contributed by atoms with E-state index < -0.39 is 24.0 Å². The van der Waals surface area contributed by atoms with Crippen LogP contribution in [0.3, 0.4) is 0 Å². The van der Waals surface area contributed by atoms with E-state index in [0.717, 1.165) is 11.1 Å². The highest BCUT2D eigenvalue weighted by molar-refractivity contribution is 6.25. The summed E-state index contributed by atoms with van der Waals surface area (Å²) in [5.74, 6) is -0.873. The van der Waals surface area contributed by atoms with Crippen LogP contribution in [-0.4, -0.2) is 78.1 Å². The Hall–Kier alpha value is -4.05. The molecule has 4 aliphatic heterocycles. The van der Waals surface area contributed by atoms with Gasteiger partial charge in [0.25, 0.3) is 11.8 Å². The van der Waals surface area contributed by atoms with Crippen molar-refractivity contribution in [2.45, 2.75) is 24.2 Å². The summed E-state index contributed by atoms with van der Waals surface area (Å²) in [6, 6.07) is 24.1. The Morgan fingerprint density at radius 2 is 1.30 bits per heavy atom. The lowest BCUT2D eigenvalue weighted by Crippen LogP contribution is -2.51. The summed E-state index contributed by atoms with van der Waals surface area (Å²) in [5.41, 5.74) is 2.33. The molecule has 4 saturated heterocycles. The van der Waals surface area contributed by atoms with Crippen LogP contribution in [0, 0.1) is 5.92 Å². The van der Waals surface area contributed by atoms with Crippen LogP contribution in [0.25, 0.3) is 0 Å². The molecule has 4 heterocycles. The second-order valence-electron chi connectivity index (χ2n) is 10.5. The van der Waals surface area contributed by atoms with E-state index in [2.05, 4.69) is 4.90 Å². The van der Waals surface area contributed by atoms with Gasteiger partial charge in [-0.1, -0.05) is 60.7 Å². The monoisotopic (exact) mass is 538 g/mol. The number of anilines is 1. The second-order valence-corrected chi connectivity index (χ2v) is 10.5. The molecule has 0 radical (unpaired) electrons. The molecule has 3 aromatic carbocycles. The second kappa shape index (κ2) is 9.85. The fourth-order valence-corrected chi connectivity index (χ4v) is 6.85. The normalized spacial score (nSPS) is 28.7. The maximum atomic E-state index is 14.5. The van der Waals surface area contributed by atoms with Gasteiger partial charge in [0, 0.05) is 13.1 Å². The topological polar surface area (TPSA) is 82.6 Å². The molecule has 0 saturated carbocycles. The van der Waals surface area contributed by atoms with E-state index in [-0.39, 0.29) is 23.8 Å². The Labute approximate surface area is 232 Å². The van der Waals surface area contributed by atoms with Gasteiger partial charge in [0.15, 0.2) is 0 Å². The molecule has 0 spiro atoms. The summed E-state index contributed by atoms with van der Waals surface area (Å²) < 4.78 is 11.0. The third kappa shape index (κ3) is 3.69. The number of hydrogen-bond donors (Lipinski definition) is 0. The molecule has 0 N–H and O–H groups in total. The zero-order chi connectivity index (χ0) is 27.4. The molecule has 9 heteroatoms. The van der Waals surface area contributed by atoms with Crippen LogP contribution < -0.4 is 9.64 Å². The number of fused-ring (bicyclic) bond motifs is 3. The highest BCUT2D eigenvalue weighted by Crippen LogP contribution is 2.55. The van der Waals surface area contributed by atoms with Gasteiger partial charge in [-0.05, 0) is 35.4 Å². The highest BCUT2D eigenvalue weighted by atomic mass is 16.5. The molecule has 40 heavy (non-hydrogen) atoms. The molecule has 0 unspecified atom stereocenters. The summed E-state index contributed by atoms with van der Waals surface area (Å²) in [6.07, 6.45) is 0. The zero-order valence-electron chi connectivity index (χ0n) is 22.1. The Kier molecular flexibility index (Phi) is 6.14. The van der Waals surface area contributed by atoms with Crippen molar-refractivity contribution in [2.75, 3.05) is 38.3 Å². The van der Waals surface area contributed by atoms with Gasteiger partial charge in [-0.2, -0.15) is 5.01 Å². The summed E-state index contributed by atoms with van der Waals surface area (Å²) in [5, 5.41) is 3.63. The minimum absolute atomic E-state index is 0.155. The van der Waals surface area contributed by atoms with Crippen molar-refractivity contribution in [3.63, 3.8) is 0 Å². The van der Waals surface area contributed by atoms with Crippen molar-refractivity contribution < 1.29 is 23.9 Å². The average Bonchev–Trinajstić information content (AvgIpc) is 3.59. The van der Waals surface area contributed by atoms with Crippen molar-refractivity contribution in [1.82, 2.24) is 14.9 Å². The number of para-hydroxylation sites is 1. The van der Waals surface area contributed by atoms with Crippen LogP contribution in [0.1, 0.15) is 23.2 Å². The fraction of sp³-hybridized carbons (Fsp3) is 0.323. The van der Waals surface area contributed by atoms with Crippen molar-refractivity contribution in [3.8, 4) is 5.75 Å². The minimum Gasteiger partial charge on any atom is -0.497 e. The van der Waals surface area contributed by atoms with E-state index in [4.69, 9.17) is 9.47 Å². The SMILES string of the molecule is COc1ccc([C@H]2[C@H]3C(=O)N(c4ccccc4)C(=O)[C@H]3N3C(=O)[C@H](N4CCOCC4)[C@@H](c4ccccc4)N23)cc1. The van der Waals surface area contributed by atoms with E-state index in [0.29, 0.717) is 37.7 Å². The number of carbonyl (C=O) groups is 3. The predicted molar refractivity (Wildman–Crippen MR) is 146 cm³/mol. The Morgan fingerprint density at radius 3 is 1.95 bits per heavy atom. The van der Waals surface area contributed by atoms with E-state index in [1.807, 2.05) is 65.7 Å². The maximum absolute atomic E-state index is 14.5. The lowest BCUT2D eigenvalue weighted by molar-refractivity contribution is -0.146. The van der Waals surface area contributed by atoms with E-state index in [1.54, 1.807) is 36.4 Å². The first kappa shape index (κ1) is 25.0. The van der Waals surface area contributed by atoms with Crippen molar-refractivity contribution in [3.05, 3.63) is 96.1 Å². The number of imide groups is 1. The number of carbonyl (C=O) groups excluding carboxylic acids is 3. The van der Waals surface area contributed by atoms with E-state index in [1.165, 1.54) is 4.90 Å². The number of methoxy groups -OCH3 is 1. The highest BCUT2D eigenvalue weighted by Gasteiger charge is 2.69. The van der Waals surface area contributed by atoms with Crippen LogP contribution in [-0.2, 0) is 19.1 Å². The van der Waals surface area contributed by atoms with Gasteiger partial charge in [0.1, 0.15) is 17.8 Å². The first-order chi connectivity index (χ1) is 19.6. The number of rotatable bonds is 5. The van der Waals surface area contributed by atoms with Crippen molar-refractivity contribution in [1.29, 1.82) is 0 Å². The Balaban J connectivity index is 1.40. The molecule has 3 aromatic rings. The fourth-order valence-electron chi connectivity index (χ4n) is 6.85. The molecule has 4 fully saturated rings. The number of benzene rings is 3. The van der Waals surface area contributed by atoms with Gasteiger partial charge in [-0.3, -0.25) is 24.3 Å². The first-order valence-corrected chi connectivity index (χ1v) is 13.6. The van der Waals surface area contributed by atoms with Crippen LogP contribution in [0.2, 0.25) is 0 Å². The van der Waals surface area contributed by atoms with Crippen LogP contribution in [0.4, 0.5) is 5.69 Å². The quantitative estimate of drug-likeness (QED) is 0.462. The molecular formula is C31H30N4O5. The first-order valence-electron chi connectivity index (χ1n) is 13.6. The third-order valence-electron chi connectivity index (χ3n) is 8.57. The van der Waals surface area contributed by atoms with E-state index in [9.17, 15) is 14.4 Å². The maximum Gasteiger partial charge on any atom is 0.259 e. The lowest BCUT2D eigenvalue weighted by atomic mass is 9.87. The van der Waals surface area contributed by atoms with Gasteiger partial charge >= 0.3 is 0 Å². The van der Waals surface area contributed by atoms with Gasteiger partial charge in [0.05, 0.1) is 44.0 Å². The van der Waals surface area contributed by atoms with Gasteiger partial charge in [0.2, 0.25) is 5.91 Å². The smallest absolute Gasteiger partial charge is 0.259 e. The predicted octanol–water partition coefficient (Wildman–Crippen LogP) is 2.81. The number of ether oxygens (including phenoxy) is 2. The van der Waals surface area contributed by atoms with E-state index >= 15 is 0 Å². The van der Waals surface area contributed by atoms with Crippen LogP contribution in [0.5, 0.6) is 5.75 Å². The van der Waals surface area contributed by atoms with Gasteiger partial charge < -0.3 is 9.47 Å². The minimum atomic E-state index is -0.926. The number of amides is 3. The largest absolute Gasteiger partial charge is 0.497 e.